The molecule has 4 nitrogen and oxygen atoms in total. The Bertz CT molecular complexity index is 551. The van der Waals surface area contributed by atoms with E-state index in [1.54, 1.807) is 36.2 Å². The summed E-state index contributed by atoms with van der Waals surface area (Å²) in [4.78, 5) is 16.1. The molecule has 1 N–H and O–H groups in total. The SMILES string of the molecule is CCn1ccnc1CSc1cccc(C(=O)O)c1. The van der Waals surface area contributed by atoms with Crippen LogP contribution in [0.25, 0.3) is 0 Å². The van der Waals surface area contributed by atoms with Crippen LogP contribution in [-0.4, -0.2) is 20.6 Å². The molecule has 0 aliphatic heterocycles. The molecule has 1 aromatic carbocycles. The average Bonchev–Trinajstić information content (AvgIpc) is 2.84. The minimum Gasteiger partial charge on any atom is -0.478 e. The van der Waals surface area contributed by atoms with E-state index in [2.05, 4.69) is 16.5 Å². The molecule has 94 valence electrons. The Labute approximate surface area is 110 Å². The van der Waals surface area contributed by atoms with Gasteiger partial charge in [0.25, 0.3) is 0 Å². The fourth-order valence-corrected chi connectivity index (χ4v) is 2.56. The molecule has 2 rings (SSSR count). The number of aromatic carboxylic acids is 1. The fourth-order valence-electron chi connectivity index (χ4n) is 1.63. The summed E-state index contributed by atoms with van der Waals surface area (Å²) in [7, 11) is 0. The first-order chi connectivity index (χ1) is 8.70. The van der Waals surface area contributed by atoms with Crippen LogP contribution >= 0.6 is 11.8 Å². The summed E-state index contributed by atoms with van der Waals surface area (Å²) in [6, 6.07) is 6.96. The number of carbonyl (C=O) groups is 1. The number of aromatic nitrogens is 2. The van der Waals surface area contributed by atoms with E-state index in [9.17, 15) is 4.79 Å². The molecule has 0 bridgehead atoms. The van der Waals surface area contributed by atoms with Crippen molar-refractivity contribution in [2.24, 2.45) is 0 Å². The molecule has 0 spiro atoms. The quantitative estimate of drug-likeness (QED) is 0.842. The molecule has 18 heavy (non-hydrogen) atoms. The molecule has 5 heteroatoms. The largest absolute Gasteiger partial charge is 0.478 e. The van der Waals surface area contributed by atoms with Gasteiger partial charge in [-0.1, -0.05) is 6.07 Å². The molecular formula is C13H14N2O2S. The summed E-state index contributed by atoms with van der Waals surface area (Å²) in [6.07, 6.45) is 3.73. The highest BCUT2D eigenvalue weighted by molar-refractivity contribution is 7.98. The van der Waals surface area contributed by atoms with Gasteiger partial charge in [0.1, 0.15) is 5.82 Å². The van der Waals surface area contributed by atoms with Crippen molar-refractivity contribution in [3.05, 3.63) is 48.0 Å². The third kappa shape index (κ3) is 2.92. The van der Waals surface area contributed by atoms with Gasteiger partial charge in [0.15, 0.2) is 0 Å². The summed E-state index contributed by atoms with van der Waals surface area (Å²) in [5, 5.41) is 8.92. The topological polar surface area (TPSA) is 55.1 Å². The van der Waals surface area contributed by atoms with Gasteiger partial charge in [-0.2, -0.15) is 0 Å². The van der Waals surface area contributed by atoms with Gasteiger partial charge in [-0.25, -0.2) is 9.78 Å². The maximum atomic E-state index is 10.9. The normalized spacial score (nSPS) is 10.5. The number of hydrogen-bond donors (Lipinski definition) is 1. The first-order valence-corrected chi connectivity index (χ1v) is 6.65. The molecule has 0 amide bonds. The van der Waals surface area contributed by atoms with Crippen LogP contribution in [0.1, 0.15) is 23.1 Å². The van der Waals surface area contributed by atoms with Gasteiger partial charge in [-0.3, -0.25) is 0 Å². The minimum atomic E-state index is -0.896. The van der Waals surface area contributed by atoms with Gasteiger partial charge in [-0.15, -0.1) is 11.8 Å². The Hall–Kier alpha value is -1.75. The number of benzene rings is 1. The fraction of sp³-hybridized carbons (Fsp3) is 0.231. The molecule has 0 unspecified atom stereocenters. The lowest BCUT2D eigenvalue weighted by Gasteiger charge is -2.05. The highest BCUT2D eigenvalue weighted by Crippen LogP contribution is 2.23. The van der Waals surface area contributed by atoms with E-state index in [1.165, 1.54) is 0 Å². The number of aryl methyl sites for hydroxylation is 1. The van der Waals surface area contributed by atoms with Crippen molar-refractivity contribution in [1.29, 1.82) is 0 Å². The van der Waals surface area contributed by atoms with E-state index < -0.39 is 5.97 Å². The molecule has 0 saturated carbocycles. The smallest absolute Gasteiger partial charge is 0.335 e. The zero-order valence-corrected chi connectivity index (χ0v) is 10.9. The van der Waals surface area contributed by atoms with Crippen LogP contribution in [0.2, 0.25) is 0 Å². The van der Waals surface area contributed by atoms with Crippen LogP contribution in [0, 0.1) is 0 Å². The van der Waals surface area contributed by atoms with Crippen molar-refractivity contribution in [1.82, 2.24) is 9.55 Å². The number of nitrogens with zero attached hydrogens (tertiary/aromatic N) is 2. The maximum absolute atomic E-state index is 10.9. The third-order valence-electron chi connectivity index (χ3n) is 2.59. The van der Waals surface area contributed by atoms with E-state index in [1.807, 2.05) is 12.3 Å². The van der Waals surface area contributed by atoms with Crippen LogP contribution < -0.4 is 0 Å². The lowest BCUT2D eigenvalue weighted by Crippen LogP contribution is -1.99. The number of rotatable bonds is 5. The second-order valence-corrected chi connectivity index (χ2v) is 4.80. The highest BCUT2D eigenvalue weighted by Gasteiger charge is 2.05. The highest BCUT2D eigenvalue weighted by atomic mass is 32.2. The van der Waals surface area contributed by atoms with E-state index in [-0.39, 0.29) is 0 Å². The van der Waals surface area contributed by atoms with Gasteiger partial charge in [0, 0.05) is 23.8 Å². The Morgan fingerprint density at radius 3 is 3.06 bits per heavy atom. The van der Waals surface area contributed by atoms with Crippen molar-refractivity contribution >= 4 is 17.7 Å². The Morgan fingerprint density at radius 2 is 2.33 bits per heavy atom. The molecule has 0 atom stereocenters. The second kappa shape index (κ2) is 5.73. The van der Waals surface area contributed by atoms with Crippen molar-refractivity contribution in [3.63, 3.8) is 0 Å². The number of thioether (sulfide) groups is 1. The molecule has 0 fully saturated rings. The van der Waals surface area contributed by atoms with E-state index in [0.717, 1.165) is 23.0 Å². The van der Waals surface area contributed by atoms with Crippen LogP contribution in [0.5, 0.6) is 0 Å². The van der Waals surface area contributed by atoms with Crippen molar-refractivity contribution in [2.45, 2.75) is 24.1 Å². The predicted molar refractivity (Wildman–Crippen MR) is 70.9 cm³/mol. The molecular weight excluding hydrogens is 248 g/mol. The van der Waals surface area contributed by atoms with Gasteiger partial charge >= 0.3 is 5.97 Å². The summed E-state index contributed by atoms with van der Waals surface area (Å²) >= 11 is 1.59. The first kappa shape index (κ1) is 12.7. The van der Waals surface area contributed by atoms with Crippen LogP contribution in [0.4, 0.5) is 0 Å². The number of carboxylic acid groups (broad SMARTS) is 1. The summed E-state index contributed by atoms with van der Waals surface area (Å²) < 4.78 is 2.08. The summed E-state index contributed by atoms with van der Waals surface area (Å²) in [6.45, 7) is 2.96. The summed E-state index contributed by atoms with van der Waals surface area (Å²) in [5.74, 6) is 0.847. The maximum Gasteiger partial charge on any atom is 0.335 e. The Morgan fingerprint density at radius 1 is 1.50 bits per heavy atom. The molecule has 1 heterocycles. The van der Waals surface area contributed by atoms with Crippen molar-refractivity contribution in [3.8, 4) is 0 Å². The Kier molecular flexibility index (Phi) is 4.04. The summed E-state index contributed by atoms with van der Waals surface area (Å²) in [5.41, 5.74) is 0.318. The standard InChI is InChI=1S/C13H14N2O2S/c1-2-15-7-6-14-12(15)9-18-11-5-3-4-10(8-11)13(16)17/h3-8H,2,9H2,1H3,(H,16,17). The third-order valence-corrected chi connectivity index (χ3v) is 3.58. The van der Waals surface area contributed by atoms with E-state index in [4.69, 9.17) is 5.11 Å². The van der Waals surface area contributed by atoms with Gasteiger partial charge in [-0.05, 0) is 25.1 Å². The van der Waals surface area contributed by atoms with Crippen molar-refractivity contribution < 1.29 is 9.90 Å². The monoisotopic (exact) mass is 262 g/mol. The van der Waals surface area contributed by atoms with Gasteiger partial charge < -0.3 is 9.67 Å². The second-order valence-electron chi connectivity index (χ2n) is 3.75. The van der Waals surface area contributed by atoms with Gasteiger partial charge in [0.05, 0.1) is 11.3 Å². The van der Waals surface area contributed by atoms with Crippen LogP contribution in [0.15, 0.2) is 41.6 Å². The lowest BCUT2D eigenvalue weighted by atomic mass is 10.2. The lowest BCUT2D eigenvalue weighted by molar-refractivity contribution is 0.0696. The predicted octanol–water partition coefficient (Wildman–Crippen LogP) is 2.89. The number of carboxylic acids is 1. The molecule has 0 radical (unpaired) electrons. The molecule has 0 aliphatic rings. The molecule has 0 aliphatic carbocycles. The minimum absolute atomic E-state index is 0.318. The van der Waals surface area contributed by atoms with E-state index in [0.29, 0.717) is 5.56 Å². The average molecular weight is 262 g/mol. The molecule has 0 saturated heterocycles. The number of imidazole rings is 1. The van der Waals surface area contributed by atoms with E-state index >= 15 is 0 Å². The van der Waals surface area contributed by atoms with Crippen molar-refractivity contribution in [2.75, 3.05) is 0 Å². The zero-order valence-electron chi connectivity index (χ0n) is 10.0. The van der Waals surface area contributed by atoms with Crippen LogP contribution in [0.3, 0.4) is 0 Å². The first-order valence-electron chi connectivity index (χ1n) is 5.67. The molecule has 1 aromatic heterocycles. The number of hydrogen-bond acceptors (Lipinski definition) is 3. The molecule has 2 aromatic rings. The van der Waals surface area contributed by atoms with Gasteiger partial charge in [0.2, 0.25) is 0 Å². The Balaban J connectivity index is 2.06. The van der Waals surface area contributed by atoms with Crippen LogP contribution in [-0.2, 0) is 12.3 Å². The zero-order chi connectivity index (χ0) is 13.0.